The maximum absolute atomic E-state index is 10.0. The summed E-state index contributed by atoms with van der Waals surface area (Å²) < 4.78 is -0.168. The maximum atomic E-state index is 10.0. The van der Waals surface area contributed by atoms with Crippen LogP contribution in [0.15, 0.2) is 15.0 Å². The molecule has 0 aromatic carbocycles. The molecule has 0 aliphatic heterocycles. The van der Waals surface area contributed by atoms with Crippen molar-refractivity contribution in [3.05, 3.63) is 0 Å². The Morgan fingerprint density at radius 3 is 1.78 bits per heavy atom. The third-order valence-electron chi connectivity index (χ3n) is 2.35. The van der Waals surface area contributed by atoms with Crippen LogP contribution in [-0.4, -0.2) is 48.4 Å². The molecule has 98 valence electrons. The molecule has 0 spiro atoms. The van der Waals surface area contributed by atoms with Crippen molar-refractivity contribution >= 4 is 30.0 Å². The van der Waals surface area contributed by atoms with Crippen molar-refractivity contribution in [1.82, 2.24) is 0 Å². The molecule has 0 fully saturated rings. The fourth-order valence-electron chi connectivity index (χ4n) is 1.33. The van der Waals surface area contributed by atoms with Gasteiger partial charge < -0.3 is 0 Å². The van der Waals surface area contributed by atoms with Gasteiger partial charge in [-0.3, -0.25) is 0 Å². The molecular formula is C11H15N3O3S. The van der Waals surface area contributed by atoms with Crippen LogP contribution >= 0.6 is 11.8 Å². The van der Waals surface area contributed by atoms with Gasteiger partial charge >= 0.3 is 0 Å². The van der Waals surface area contributed by atoms with Crippen molar-refractivity contribution in [1.29, 1.82) is 0 Å². The van der Waals surface area contributed by atoms with Gasteiger partial charge in [-0.1, -0.05) is 6.92 Å². The highest BCUT2D eigenvalue weighted by atomic mass is 32.2. The van der Waals surface area contributed by atoms with E-state index in [0.717, 1.165) is 0 Å². The number of hydrogen-bond donors (Lipinski definition) is 0. The van der Waals surface area contributed by atoms with E-state index in [-0.39, 0.29) is 4.75 Å². The van der Waals surface area contributed by atoms with E-state index in [0.29, 0.717) is 38.2 Å². The summed E-state index contributed by atoms with van der Waals surface area (Å²) in [5.41, 5.74) is 0. The molecule has 7 heteroatoms. The Morgan fingerprint density at radius 1 is 0.889 bits per heavy atom. The van der Waals surface area contributed by atoms with E-state index in [4.69, 9.17) is 0 Å². The first-order valence-electron chi connectivity index (χ1n) is 5.43. The molecule has 0 aromatic rings. The Hall–Kier alpha value is -1.51. The number of thioether (sulfide) groups is 1. The minimum Gasteiger partial charge on any atom is -0.211 e. The molecule has 0 bridgehead atoms. The van der Waals surface area contributed by atoms with Crippen molar-refractivity contribution in [2.45, 2.75) is 24.5 Å². The van der Waals surface area contributed by atoms with Gasteiger partial charge in [0, 0.05) is 10.5 Å². The van der Waals surface area contributed by atoms with Gasteiger partial charge in [0.25, 0.3) is 0 Å². The van der Waals surface area contributed by atoms with E-state index < -0.39 is 0 Å². The zero-order valence-corrected chi connectivity index (χ0v) is 11.0. The standard InChI is InChI=1S/C11H15N3O3S/c1-11(2-4-12-8-15,3-5-13-9-16)18-7-6-14-10-17/h2-7H2,1H3. The van der Waals surface area contributed by atoms with Crippen molar-refractivity contribution in [2.75, 3.05) is 25.4 Å². The van der Waals surface area contributed by atoms with Gasteiger partial charge in [-0.15, -0.1) is 0 Å². The van der Waals surface area contributed by atoms with Crippen LogP contribution in [0.4, 0.5) is 0 Å². The first kappa shape index (κ1) is 16.5. The van der Waals surface area contributed by atoms with E-state index in [1.54, 1.807) is 11.8 Å². The van der Waals surface area contributed by atoms with Gasteiger partial charge in [0.15, 0.2) is 0 Å². The predicted molar refractivity (Wildman–Crippen MR) is 69.1 cm³/mol. The van der Waals surface area contributed by atoms with Gasteiger partial charge in [-0.2, -0.15) is 11.8 Å². The minimum absolute atomic E-state index is 0.168. The maximum Gasteiger partial charge on any atom is 0.234 e. The van der Waals surface area contributed by atoms with Crippen LogP contribution in [0, 0.1) is 0 Å². The van der Waals surface area contributed by atoms with Gasteiger partial charge in [0.2, 0.25) is 18.2 Å². The summed E-state index contributed by atoms with van der Waals surface area (Å²) in [6.45, 7) is 3.17. The Labute approximate surface area is 110 Å². The largest absolute Gasteiger partial charge is 0.234 e. The monoisotopic (exact) mass is 269 g/mol. The molecule has 0 heterocycles. The average molecular weight is 269 g/mol. The summed E-state index contributed by atoms with van der Waals surface area (Å²) in [7, 11) is 0. The molecule has 0 unspecified atom stereocenters. The highest BCUT2D eigenvalue weighted by Gasteiger charge is 2.23. The fraction of sp³-hybridized carbons (Fsp3) is 0.727. The van der Waals surface area contributed by atoms with Crippen LogP contribution in [0.1, 0.15) is 19.8 Å². The van der Waals surface area contributed by atoms with Gasteiger partial charge in [-0.25, -0.2) is 29.4 Å². The smallest absolute Gasteiger partial charge is 0.211 e. The Bertz CT molecular complexity index is 359. The van der Waals surface area contributed by atoms with Crippen LogP contribution < -0.4 is 0 Å². The molecule has 0 amide bonds. The number of hydrogen-bond acceptors (Lipinski definition) is 7. The lowest BCUT2D eigenvalue weighted by atomic mass is 10.0. The SMILES string of the molecule is CC(CCN=C=O)(CCN=C=O)SCCN=C=O. The number of aliphatic imine (C=N–C) groups is 3. The first-order valence-corrected chi connectivity index (χ1v) is 6.42. The number of rotatable bonds is 10. The quantitative estimate of drug-likeness (QED) is 0.339. The topological polar surface area (TPSA) is 88.3 Å². The Kier molecular flexibility index (Phi) is 9.74. The van der Waals surface area contributed by atoms with Crippen molar-refractivity contribution in [3.63, 3.8) is 0 Å². The lowest BCUT2D eigenvalue weighted by molar-refractivity contribution is 0.539. The second-order valence-electron chi connectivity index (χ2n) is 3.72. The third kappa shape index (κ3) is 8.62. The second-order valence-corrected chi connectivity index (χ2v) is 5.40. The van der Waals surface area contributed by atoms with Crippen LogP contribution in [0.5, 0.6) is 0 Å². The highest BCUT2D eigenvalue weighted by molar-refractivity contribution is 8.00. The third-order valence-corrected chi connectivity index (χ3v) is 3.84. The molecule has 0 aromatic heterocycles. The van der Waals surface area contributed by atoms with Crippen LogP contribution in [0.3, 0.4) is 0 Å². The minimum atomic E-state index is -0.168. The van der Waals surface area contributed by atoms with Crippen LogP contribution in [0.2, 0.25) is 0 Å². The number of nitrogens with zero attached hydrogens (tertiary/aromatic N) is 3. The van der Waals surface area contributed by atoms with E-state index in [9.17, 15) is 14.4 Å². The molecule has 0 atom stereocenters. The van der Waals surface area contributed by atoms with Gasteiger partial charge in [-0.05, 0) is 12.8 Å². The number of isocyanates is 3. The fourth-order valence-corrected chi connectivity index (χ4v) is 2.48. The summed E-state index contributed by atoms with van der Waals surface area (Å²) in [4.78, 5) is 40.5. The molecule has 0 saturated heterocycles. The van der Waals surface area contributed by atoms with Crippen molar-refractivity contribution in [3.8, 4) is 0 Å². The zero-order chi connectivity index (χ0) is 13.7. The lowest BCUT2D eigenvalue weighted by Crippen LogP contribution is -2.23. The molecule has 0 radical (unpaired) electrons. The van der Waals surface area contributed by atoms with E-state index >= 15 is 0 Å². The molecule has 6 nitrogen and oxygen atoms in total. The van der Waals surface area contributed by atoms with Gasteiger partial charge in [0.05, 0.1) is 19.6 Å². The summed E-state index contributed by atoms with van der Waals surface area (Å²) in [5, 5.41) is 0. The Balaban J connectivity index is 4.30. The van der Waals surface area contributed by atoms with Crippen molar-refractivity contribution < 1.29 is 14.4 Å². The molecule has 0 saturated carbocycles. The lowest BCUT2D eigenvalue weighted by Gasteiger charge is -2.27. The average Bonchev–Trinajstić information content (AvgIpc) is 2.36. The van der Waals surface area contributed by atoms with Gasteiger partial charge in [0.1, 0.15) is 0 Å². The van der Waals surface area contributed by atoms with Crippen LogP contribution in [0.25, 0.3) is 0 Å². The van der Waals surface area contributed by atoms with E-state index in [1.807, 2.05) is 6.92 Å². The number of carbonyl (C=O) groups excluding carboxylic acids is 3. The highest BCUT2D eigenvalue weighted by Crippen LogP contribution is 2.32. The van der Waals surface area contributed by atoms with E-state index in [2.05, 4.69) is 15.0 Å². The summed E-state index contributed by atoms with van der Waals surface area (Å²) in [6.07, 6.45) is 5.81. The summed E-state index contributed by atoms with van der Waals surface area (Å²) in [5.74, 6) is 0.668. The molecule has 0 aliphatic carbocycles. The molecule has 0 aliphatic rings. The molecule has 18 heavy (non-hydrogen) atoms. The summed E-state index contributed by atoms with van der Waals surface area (Å²) in [6, 6.07) is 0. The molecular weight excluding hydrogens is 254 g/mol. The Morgan fingerprint density at radius 2 is 1.33 bits per heavy atom. The normalized spacial score (nSPS) is 12.5. The molecule has 0 rings (SSSR count). The van der Waals surface area contributed by atoms with Crippen LogP contribution in [-0.2, 0) is 14.4 Å². The molecule has 0 N–H and O–H groups in total. The van der Waals surface area contributed by atoms with E-state index in [1.165, 1.54) is 18.2 Å². The first-order chi connectivity index (χ1) is 8.68. The summed E-state index contributed by atoms with van der Waals surface area (Å²) >= 11 is 1.61. The zero-order valence-electron chi connectivity index (χ0n) is 10.2. The second kappa shape index (κ2) is 10.6. The van der Waals surface area contributed by atoms with Crippen molar-refractivity contribution in [2.24, 2.45) is 15.0 Å². The predicted octanol–water partition coefficient (Wildman–Crippen LogP) is 1.27.